The highest BCUT2D eigenvalue weighted by molar-refractivity contribution is 7.99. The third kappa shape index (κ3) is 3.77. The molecule has 8 nitrogen and oxygen atoms in total. The first-order valence-electron chi connectivity index (χ1n) is 11.3. The molecule has 0 spiro atoms. The SMILES string of the molecule is CCc1ccc2nnc(Sc3ccc4ncc(-c5cnn(C6CN(CC)C6)c5)cc4c3)n2n1. The summed E-state index contributed by atoms with van der Waals surface area (Å²) in [6.45, 7) is 7.53. The van der Waals surface area contributed by atoms with Gasteiger partial charge in [-0.25, -0.2) is 0 Å². The van der Waals surface area contributed by atoms with E-state index in [9.17, 15) is 0 Å². The molecule has 1 aliphatic heterocycles. The summed E-state index contributed by atoms with van der Waals surface area (Å²) in [4.78, 5) is 8.17. The summed E-state index contributed by atoms with van der Waals surface area (Å²) in [6.07, 6.45) is 6.88. The number of likely N-dealkylation sites (N-methyl/N-ethyl adjacent to an activating group) is 1. The highest BCUT2D eigenvalue weighted by atomic mass is 32.2. The van der Waals surface area contributed by atoms with E-state index in [1.54, 1.807) is 11.8 Å². The van der Waals surface area contributed by atoms with Crippen molar-refractivity contribution in [3.8, 4) is 11.1 Å². The van der Waals surface area contributed by atoms with Crippen LogP contribution in [0.25, 0.3) is 27.7 Å². The standard InChI is InChI=1S/C24H24N8S/c1-3-19-5-8-23-27-28-24(32(23)29-19)33-21-6-7-22-16(10-21)9-17(11-25-22)18-12-26-31(13-18)20-14-30(4-2)15-20/h5-13,20H,3-4,14-15H2,1-2H3. The second-order valence-electron chi connectivity index (χ2n) is 8.33. The van der Waals surface area contributed by atoms with Crippen molar-refractivity contribution in [3.05, 3.63) is 60.7 Å². The quantitative estimate of drug-likeness (QED) is 0.380. The summed E-state index contributed by atoms with van der Waals surface area (Å²) in [5.41, 5.74) is 4.90. The lowest BCUT2D eigenvalue weighted by Crippen LogP contribution is -2.47. The second kappa shape index (κ2) is 8.24. The summed E-state index contributed by atoms with van der Waals surface area (Å²) in [5, 5.41) is 19.7. The minimum Gasteiger partial charge on any atom is -0.299 e. The topological polar surface area (TPSA) is 77.0 Å². The Hall–Kier alpha value is -3.30. The number of nitrogens with zero attached hydrogens (tertiary/aromatic N) is 8. The number of hydrogen-bond acceptors (Lipinski definition) is 7. The molecular formula is C24H24N8S. The molecule has 0 atom stereocenters. The lowest BCUT2D eigenvalue weighted by Gasteiger charge is -2.38. The summed E-state index contributed by atoms with van der Waals surface area (Å²) in [6, 6.07) is 12.9. The molecule has 0 unspecified atom stereocenters. The van der Waals surface area contributed by atoms with E-state index >= 15 is 0 Å². The lowest BCUT2D eigenvalue weighted by molar-refractivity contribution is 0.105. The molecule has 1 aliphatic rings. The number of aryl methyl sites for hydroxylation is 1. The molecule has 0 bridgehead atoms. The van der Waals surface area contributed by atoms with E-state index in [4.69, 9.17) is 0 Å². The minimum absolute atomic E-state index is 0.468. The number of benzene rings is 1. The van der Waals surface area contributed by atoms with Crippen LogP contribution in [-0.2, 0) is 6.42 Å². The van der Waals surface area contributed by atoms with Gasteiger partial charge in [-0.05, 0) is 61.1 Å². The van der Waals surface area contributed by atoms with Crippen molar-refractivity contribution in [3.63, 3.8) is 0 Å². The van der Waals surface area contributed by atoms with E-state index in [0.29, 0.717) is 6.04 Å². The average molecular weight is 457 g/mol. The highest BCUT2D eigenvalue weighted by Gasteiger charge is 2.27. The van der Waals surface area contributed by atoms with Crippen LogP contribution < -0.4 is 0 Å². The molecule has 0 radical (unpaired) electrons. The zero-order valence-corrected chi connectivity index (χ0v) is 19.4. The molecule has 1 aromatic carbocycles. The lowest BCUT2D eigenvalue weighted by atomic mass is 10.1. The maximum absolute atomic E-state index is 4.68. The Balaban J connectivity index is 1.28. The van der Waals surface area contributed by atoms with Crippen LogP contribution in [0.5, 0.6) is 0 Å². The maximum atomic E-state index is 4.68. The van der Waals surface area contributed by atoms with Crippen molar-refractivity contribution in [2.24, 2.45) is 0 Å². The summed E-state index contributed by atoms with van der Waals surface area (Å²) >= 11 is 1.56. The fraction of sp³-hybridized carbons (Fsp3) is 0.292. The molecule has 0 N–H and O–H groups in total. The molecule has 33 heavy (non-hydrogen) atoms. The van der Waals surface area contributed by atoms with Crippen LogP contribution in [0.4, 0.5) is 0 Å². The number of fused-ring (bicyclic) bond motifs is 2. The highest BCUT2D eigenvalue weighted by Crippen LogP contribution is 2.31. The van der Waals surface area contributed by atoms with E-state index in [1.165, 1.54) is 0 Å². The Kier molecular flexibility index (Phi) is 5.07. The Morgan fingerprint density at radius 2 is 1.91 bits per heavy atom. The fourth-order valence-corrected chi connectivity index (χ4v) is 4.99. The van der Waals surface area contributed by atoms with Gasteiger partial charge in [-0.3, -0.25) is 14.6 Å². The number of pyridine rings is 1. The van der Waals surface area contributed by atoms with E-state index in [-0.39, 0.29) is 0 Å². The van der Waals surface area contributed by atoms with Crippen molar-refractivity contribution < 1.29 is 0 Å². The Bertz CT molecular complexity index is 1450. The van der Waals surface area contributed by atoms with Crippen LogP contribution in [0.3, 0.4) is 0 Å². The normalized spacial score (nSPS) is 14.8. The van der Waals surface area contributed by atoms with Crippen molar-refractivity contribution in [2.45, 2.75) is 36.4 Å². The zero-order chi connectivity index (χ0) is 22.4. The molecule has 1 fully saturated rings. The molecule has 6 rings (SSSR count). The molecule has 0 aliphatic carbocycles. The monoisotopic (exact) mass is 456 g/mol. The van der Waals surface area contributed by atoms with E-state index in [2.05, 4.69) is 73.2 Å². The largest absolute Gasteiger partial charge is 0.299 e. The molecule has 0 saturated carbocycles. The van der Waals surface area contributed by atoms with Crippen LogP contribution in [0, 0.1) is 0 Å². The van der Waals surface area contributed by atoms with Crippen molar-refractivity contribution in [1.82, 2.24) is 39.5 Å². The van der Waals surface area contributed by atoms with Gasteiger partial charge in [-0.15, -0.1) is 10.2 Å². The fourth-order valence-electron chi connectivity index (χ4n) is 4.15. The van der Waals surface area contributed by atoms with Gasteiger partial charge >= 0.3 is 0 Å². The van der Waals surface area contributed by atoms with Crippen LogP contribution in [0.1, 0.15) is 25.6 Å². The summed E-state index contributed by atoms with van der Waals surface area (Å²) < 4.78 is 3.91. The molecule has 5 aromatic rings. The first-order valence-corrected chi connectivity index (χ1v) is 12.1. The first-order chi connectivity index (χ1) is 16.2. The van der Waals surface area contributed by atoms with Crippen molar-refractivity contribution in [2.75, 3.05) is 19.6 Å². The van der Waals surface area contributed by atoms with Crippen LogP contribution >= 0.6 is 11.8 Å². The Morgan fingerprint density at radius 3 is 2.76 bits per heavy atom. The molecule has 4 aromatic heterocycles. The van der Waals surface area contributed by atoms with Gasteiger partial charge in [0.05, 0.1) is 23.4 Å². The smallest absolute Gasteiger partial charge is 0.217 e. The van der Waals surface area contributed by atoms with Crippen molar-refractivity contribution >= 4 is 28.3 Å². The van der Waals surface area contributed by atoms with Gasteiger partial charge in [0.25, 0.3) is 0 Å². The number of aromatic nitrogens is 7. The second-order valence-corrected chi connectivity index (χ2v) is 9.37. The minimum atomic E-state index is 0.468. The van der Waals surface area contributed by atoms with Gasteiger partial charge in [0, 0.05) is 46.9 Å². The van der Waals surface area contributed by atoms with Gasteiger partial charge in [0.15, 0.2) is 5.65 Å². The molecular weight excluding hydrogens is 432 g/mol. The van der Waals surface area contributed by atoms with E-state index in [1.807, 2.05) is 35.1 Å². The van der Waals surface area contributed by atoms with Gasteiger partial charge in [-0.1, -0.05) is 13.8 Å². The van der Waals surface area contributed by atoms with Crippen LogP contribution in [0.15, 0.2) is 65.0 Å². The Morgan fingerprint density at radius 1 is 1.00 bits per heavy atom. The third-order valence-electron chi connectivity index (χ3n) is 6.21. The van der Waals surface area contributed by atoms with E-state index in [0.717, 1.165) is 69.5 Å². The van der Waals surface area contributed by atoms with Crippen LogP contribution in [-0.4, -0.2) is 59.1 Å². The summed E-state index contributed by atoms with van der Waals surface area (Å²) in [7, 11) is 0. The Labute approximate surface area is 195 Å². The average Bonchev–Trinajstić information content (AvgIpc) is 3.45. The van der Waals surface area contributed by atoms with Crippen LogP contribution in [0.2, 0.25) is 0 Å². The number of likely N-dealkylation sites (tertiary alicyclic amines) is 1. The summed E-state index contributed by atoms with van der Waals surface area (Å²) in [5.74, 6) is 0. The van der Waals surface area contributed by atoms with Gasteiger partial charge in [0.1, 0.15) is 0 Å². The molecule has 166 valence electrons. The molecule has 5 heterocycles. The molecule has 0 amide bonds. The maximum Gasteiger partial charge on any atom is 0.217 e. The zero-order valence-electron chi connectivity index (χ0n) is 18.6. The number of rotatable bonds is 6. The van der Waals surface area contributed by atoms with E-state index < -0.39 is 0 Å². The van der Waals surface area contributed by atoms with Gasteiger partial charge in [-0.2, -0.15) is 14.7 Å². The van der Waals surface area contributed by atoms with Gasteiger partial charge in [0.2, 0.25) is 5.16 Å². The number of hydrogen-bond donors (Lipinski definition) is 0. The first kappa shape index (κ1) is 20.3. The molecule has 1 saturated heterocycles. The predicted molar refractivity (Wildman–Crippen MR) is 128 cm³/mol. The van der Waals surface area contributed by atoms with Gasteiger partial charge < -0.3 is 0 Å². The molecule has 9 heteroatoms. The predicted octanol–water partition coefficient (Wildman–Crippen LogP) is 4.13. The third-order valence-corrected chi connectivity index (χ3v) is 7.13. The van der Waals surface area contributed by atoms with Crippen molar-refractivity contribution in [1.29, 1.82) is 0 Å².